The summed E-state index contributed by atoms with van der Waals surface area (Å²) in [7, 11) is -4.24. The van der Waals surface area contributed by atoms with Gasteiger partial charge in [0, 0.05) is 0 Å². The minimum absolute atomic E-state index is 0.0318. The second-order valence-corrected chi connectivity index (χ2v) is 12.3. The van der Waals surface area contributed by atoms with Crippen molar-refractivity contribution in [3.8, 4) is 11.6 Å². The number of para-hydroxylation sites is 1. The number of hydrogen-bond acceptors (Lipinski definition) is 13. The van der Waals surface area contributed by atoms with Gasteiger partial charge in [-0.3, -0.25) is 13.9 Å². The van der Waals surface area contributed by atoms with Crippen molar-refractivity contribution >= 4 is 30.8 Å². The number of rotatable bonds is 12. The molecule has 2 aliphatic heterocycles. The fraction of sp³-hybridized carbons (Fsp3) is 0.538. The van der Waals surface area contributed by atoms with Gasteiger partial charge in [-0.05, 0) is 46.8 Å². The van der Waals surface area contributed by atoms with Crippen LogP contribution in [0, 0.1) is 0 Å². The zero-order valence-corrected chi connectivity index (χ0v) is 24.8. The molecule has 15 nitrogen and oxygen atoms in total. The standard InChI is InChI=1S/C26H35N6O9P/c1-6-36-20-18-19(29-24(27)30-20)32(14-28-18)23-25(5)22(34)26(40-23,12-37-25)13-38-42(35,41-17-10-8-7-9-11-17)31-16(4)21(33)39-15(2)3/h7-11,14-16,22-23,34H,6,12-13H2,1-5H3,(H,31,35)(H2,27,29,30)/t16-,22-,23+,25+,26+,42+/m0/s1. The van der Waals surface area contributed by atoms with E-state index in [0.29, 0.717) is 17.8 Å². The van der Waals surface area contributed by atoms with E-state index < -0.39 is 49.9 Å². The zero-order chi connectivity index (χ0) is 30.3. The van der Waals surface area contributed by atoms with Gasteiger partial charge in [-0.25, -0.2) is 9.55 Å². The van der Waals surface area contributed by atoms with E-state index >= 15 is 0 Å². The third kappa shape index (κ3) is 5.55. The molecule has 228 valence electrons. The van der Waals surface area contributed by atoms with Crippen molar-refractivity contribution in [2.45, 2.75) is 70.3 Å². The number of carbonyl (C=O) groups excluding carboxylic acids is 1. The van der Waals surface area contributed by atoms with Crippen LogP contribution in [0.5, 0.6) is 11.6 Å². The molecule has 0 amide bonds. The highest BCUT2D eigenvalue weighted by Gasteiger charge is 2.69. The fourth-order valence-corrected chi connectivity index (χ4v) is 6.48. The highest BCUT2D eigenvalue weighted by molar-refractivity contribution is 7.52. The number of nitrogens with zero attached hydrogens (tertiary/aromatic N) is 4. The topological polar surface area (TPSA) is 191 Å². The lowest BCUT2D eigenvalue weighted by Crippen LogP contribution is -2.46. The predicted octanol–water partition coefficient (Wildman–Crippen LogP) is 2.36. The quantitative estimate of drug-likeness (QED) is 0.201. The molecule has 16 heteroatoms. The maximum atomic E-state index is 14.0. The van der Waals surface area contributed by atoms with Crippen LogP contribution < -0.4 is 20.1 Å². The van der Waals surface area contributed by atoms with Gasteiger partial charge in [0.05, 0.1) is 32.3 Å². The van der Waals surface area contributed by atoms with Gasteiger partial charge >= 0.3 is 13.7 Å². The maximum absolute atomic E-state index is 14.0. The molecule has 2 aliphatic rings. The largest absolute Gasteiger partial charge is 0.476 e. The molecular weight excluding hydrogens is 571 g/mol. The number of nitrogen functional groups attached to an aromatic ring is 1. The zero-order valence-electron chi connectivity index (χ0n) is 23.9. The first kappa shape index (κ1) is 30.1. The number of fused-ring (bicyclic) bond motifs is 3. The molecule has 4 N–H and O–H groups in total. The number of aliphatic hydroxyl groups is 1. The minimum Gasteiger partial charge on any atom is -0.476 e. The van der Waals surface area contributed by atoms with Crippen molar-refractivity contribution in [3.63, 3.8) is 0 Å². The Bertz CT molecular complexity index is 1490. The Balaban J connectivity index is 1.41. The summed E-state index contributed by atoms with van der Waals surface area (Å²) in [6, 6.07) is 7.30. The van der Waals surface area contributed by atoms with Gasteiger partial charge in [-0.15, -0.1) is 0 Å². The summed E-state index contributed by atoms with van der Waals surface area (Å²) in [5, 5.41) is 14.1. The van der Waals surface area contributed by atoms with Gasteiger partial charge in [0.2, 0.25) is 11.8 Å². The Labute approximate surface area is 242 Å². The number of esters is 1. The Morgan fingerprint density at radius 1 is 1.29 bits per heavy atom. The molecule has 0 aliphatic carbocycles. The van der Waals surface area contributed by atoms with Crippen molar-refractivity contribution in [1.29, 1.82) is 0 Å². The number of aliphatic hydroxyl groups excluding tert-OH is 1. The lowest BCUT2D eigenvalue weighted by Gasteiger charge is -2.34. The maximum Gasteiger partial charge on any atom is 0.459 e. The fourth-order valence-electron chi connectivity index (χ4n) is 4.93. The molecule has 3 aromatic rings. The smallest absolute Gasteiger partial charge is 0.459 e. The molecular formula is C26H35N6O9P. The Hall–Kier alpha value is -3.33. The minimum atomic E-state index is -4.24. The molecule has 0 radical (unpaired) electrons. The highest BCUT2D eigenvalue weighted by Crippen LogP contribution is 2.55. The summed E-state index contributed by atoms with van der Waals surface area (Å²) in [6.07, 6.45) is -1.07. The second-order valence-electron chi connectivity index (χ2n) is 10.6. The third-order valence-corrected chi connectivity index (χ3v) is 8.57. The Morgan fingerprint density at radius 3 is 2.71 bits per heavy atom. The van der Waals surface area contributed by atoms with Crippen molar-refractivity contribution in [2.75, 3.05) is 25.6 Å². The van der Waals surface area contributed by atoms with Crippen LogP contribution in [-0.4, -0.2) is 79.9 Å². The number of benzene rings is 1. The molecule has 2 saturated heterocycles. The molecule has 42 heavy (non-hydrogen) atoms. The van der Waals surface area contributed by atoms with Crippen molar-refractivity contribution < 1.29 is 42.5 Å². The summed E-state index contributed by atoms with van der Waals surface area (Å²) in [4.78, 5) is 25.3. The summed E-state index contributed by atoms with van der Waals surface area (Å²) in [5.41, 5.74) is 3.86. The van der Waals surface area contributed by atoms with E-state index in [1.54, 1.807) is 62.6 Å². The molecule has 0 unspecified atom stereocenters. The van der Waals surface area contributed by atoms with Crippen LogP contribution in [0.1, 0.15) is 40.8 Å². The lowest BCUT2D eigenvalue weighted by molar-refractivity contribution is -0.209. The number of carbonyl (C=O) groups is 1. The summed E-state index contributed by atoms with van der Waals surface area (Å²) in [6.45, 7) is 8.21. The van der Waals surface area contributed by atoms with Crippen molar-refractivity contribution in [2.24, 2.45) is 0 Å². The van der Waals surface area contributed by atoms with Crippen LogP contribution in [0.25, 0.3) is 11.2 Å². The molecule has 1 aromatic carbocycles. The average molecular weight is 607 g/mol. The van der Waals surface area contributed by atoms with E-state index in [1.807, 2.05) is 0 Å². The van der Waals surface area contributed by atoms with Crippen LogP contribution in [-0.2, 0) is 28.1 Å². The van der Waals surface area contributed by atoms with Crippen LogP contribution >= 0.6 is 7.75 Å². The van der Waals surface area contributed by atoms with E-state index in [4.69, 9.17) is 33.7 Å². The highest BCUT2D eigenvalue weighted by atomic mass is 31.2. The van der Waals surface area contributed by atoms with Gasteiger partial charge in [0.1, 0.15) is 29.1 Å². The number of aromatic nitrogens is 4. The first-order chi connectivity index (χ1) is 19.9. The van der Waals surface area contributed by atoms with Gasteiger partial charge in [0.15, 0.2) is 17.4 Å². The van der Waals surface area contributed by atoms with Gasteiger partial charge in [-0.2, -0.15) is 15.1 Å². The Kier molecular flexibility index (Phi) is 8.18. The summed E-state index contributed by atoms with van der Waals surface area (Å²) in [5.74, 6) is -0.226. The number of ether oxygens (including phenoxy) is 4. The van der Waals surface area contributed by atoms with Crippen LogP contribution in [0.3, 0.4) is 0 Å². The van der Waals surface area contributed by atoms with Crippen LogP contribution in [0.2, 0.25) is 0 Å². The molecule has 0 spiro atoms. The van der Waals surface area contributed by atoms with E-state index in [0.717, 1.165) is 0 Å². The normalized spacial score (nSPS) is 27.2. The molecule has 6 atom stereocenters. The van der Waals surface area contributed by atoms with E-state index in [-0.39, 0.29) is 30.3 Å². The predicted molar refractivity (Wildman–Crippen MR) is 149 cm³/mol. The first-order valence-electron chi connectivity index (χ1n) is 13.5. The number of nitrogens with one attached hydrogen (secondary N) is 1. The molecule has 2 fully saturated rings. The van der Waals surface area contributed by atoms with Gasteiger partial charge in [0.25, 0.3) is 0 Å². The molecule has 0 saturated carbocycles. The lowest BCUT2D eigenvalue weighted by atomic mass is 9.92. The third-order valence-electron chi connectivity index (χ3n) is 6.95. The number of hydrogen-bond donors (Lipinski definition) is 3. The van der Waals surface area contributed by atoms with Crippen LogP contribution in [0.15, 0.2) is 36.7 Å². The summed E-state index contributed by atoms with van der Waals surface area (Å²) < 4.78 is 50.4. The van der Waals surface area contributed by atoms with Gasteiger partial charge in [-0.1, -0.05) is 18.2 Å². The number of imidazole rings is 1. The molecule has 4 heterocycles. The number of nitrogens with two attached hydrogens (primary N) is 1. The van der Waals surface area contributed by atoms with E-state index in [1.165, 1.54) is 13.3 Å². The van der Waals surface area contributed by atoms with Crippen molar-refractivity contribution in [1.82, 2.24) is 24.6 Å². The average Bonchev–Trinajstić information content (AvgIpc) is 3.53. The SMILES string of the molecule is CCOc1nc(N)nc2c1ncn2[C@@H]1O[C@@]2(CO[P@](=O)(N[C@@H](C)C(=O)OC(C)C)Oc3ccccc3)CO[C@]1(C)[C@@H]2O. The second kappa shape index (κ2) is 11.4. The first-order valence-corrected chi connectivity index (χ1v) is 15.0. The van der Waals surface area contributed by atoms with Crippen molar-refractivity contribution in [3.05, 3.63) is 36.7 Å². The molecule has 5 rings (SSSR count). The Morgan fingerprint density at radius 2 is 2.02 bits per heavy atom. The molecule has 2 aromatic heterocycles. The van der Waals surface area contributed by atoms with E-state index in [2.05, 4.69) is 20.0 Å². The van der Waals surface area contributed by atoms with E-state index in [9.17, 15) is 14.5 Å². The molecule has 2 bridgehead atoms. The monoisotopic (exact) mass is 606 g/mol. The van der Waals surface area contributed by atoms with Gasteiger partial charge < -0.3 is 34.3 Å². The summed E-state index contributed by atoms with van der Waals surface area (Å²) >= 11 is 0. The van der Waals surface area contributed by atoms with Crippen LogP contribution in [0.4, 0.5) is 5.95 Å². The number of anilines is 1.